The van der Waals surface area contributed by atoms with Gasteiger partial charge in [0.1, 0.15) is 13.2 Å². The minimum absolute atomic E-state index is 0.0833. The lowest BCUT2D eigenvalue weighted by atomic mass is 10.0. The lowest BCUT2D eigenvalue weighted by molar-refractivity contribution is -0.115. The molecule has 4 nitrogen and oxygen atoms in total. The van der Waals surface area contributed by atoms with Crippen LogP contribution in [0.3, 0.4) is 0 Å². The van der Waals surface area contributed by atoms with Gasteiger partial charge in [0, 0.05) is 0 Å². The molecule has 26 heavy (non-hydrogen) atoms. The van der Waals surface area contributed by atoms with Gasteiger partial charge in [-0.2, -0.15) is 0 Å². The van der Waals surface area contributed by atoms with Crippen LogP contribution in [0.5, 0.6) is 11.5 Å². The number of ether oxygens (including phenoxy) is 2. The van der Waals surface area contributed by atoms with Crippen LogP contribution in [-0.2, 0) is 11.2 Å². The normalized spacial score (nSPS) is 12.5. The van der Waals surface area contributed by atoms with Crippen LogP contribution in [0.1, 0.15) is 5.56 Å². The summed E-state index contributed by atoms with van der Waals surface area (Å²) in [6, 6.07) is 23.7. The maximum atomic E-state index is 12.4. The maximum Gasteiger partial charge on any atom is 0.228 e. The quantitative estimate of drug-likeness (QED) is 0.767. The molecule has 1 amide bonds. The Morgan fingerprint density at radius 1 is 0.808 bits per heavy atom. The molecule has 0 spiro atoms. The second-order valence-electron chi connectivity index (χ2n) is 6.12. The zero-order valence-corrected chi connectivity index (χ0v) is 14.3. The fourth-order valence-corrected chi connectivity index (χ4v) is 3.00. The van der Waals surface area contributed by atoms with Gasteiger partial charge >= 0.3 is 0 Å². The summed E-state index contributed by atoms with van der Waals surface area (Å²) in [6.45, 7) is 1.01. The highest BCUT2D eigenvalue weighted by Crippen LogP contribution is 2.37. The first-order chi connectivity index (χ1) is 12.8. The van der Waals surface area contributed by atoms with Crippen molar-refractivity contribution in [2.24, 2.45) is 0 Å². The summed E-state index contributed by atoms with van der Waals surface area (Å²) in [7, 11) is 0. The number of carbonyl (C=O) groups excluding carboxylic acids is 1. The lowest BCUT2D eigenvalue weighted by Gasteiger charge is -2.21. The third-order valence-corrected chi connectivity index (χ3v) is 4.27. The van der Waals surface area contributed by atoms with E-state index in [9.17, 15) is 4.79 Å². The molecule has 0 saturated carbocycles. The molecule has 0 fully saturated rings. The minimum Gasteiger partial charge on any atom is -0.486 e. The largest absolute Gasteiger partial charge is 0.486 e. The first-order valence-electron chi connectivity index (χ1n) is 8.62. The van der Waals surface area contributed by atoms with Gasteiger partial charge in [-0.3, -0.25) is 4.79 Å². The zero-order valence-electron chi connectivity index (χ0n) is 14.3. The van der Waals surface area contributed by atoms with Crippen LogP contribution in [-0.4, -0.2) is 19.1 Å². The number of benzene rings is 3. The number of hydrogen-bond donors (Lipinski definition) is 1. The lowest BCUT2D eigenvalue weighted by Crippen LogP contribution is -2.19. The van der Waals surface area contributed by atoms with Gasteiger partial charge in [-0.1, -0.05) is 60.7 Å². The summed E-state index contributed by atoms with van der Waals surface area (Å²) in [6.07, 6.45) is 0.305. The van der Waals surface area contributed by atoms with Gasteiger partial charge in [-0.15, -0.1) is 0 Å². The molecule has 0 aromatic heterocycles. The molecular weight excluding hydrogens is 326 g/mol. The zero-order chi connectivity index (χ0) is 17.8. The van der Waals surface area contributed by atoms with Crippen molar-refractivity contribution in [1.82, 2.24) is 0 Å². The smallest absolute Gasteiger partial charge is 0.228 e. The Hall–Kier alpha value is -3.27. The fourth-order valence-electron chi connectivity index (χ4n) is 3.00. The molecule has 130 valence electrons. The topological polar surface area (TPSA) is 47.6 Å². The monoisotopic (exact) mass is 345 g/mol. The molecule has 4 rings (SSSR count). The standard InChI is InChI=1S/C22H19NO3/c24-21(23-19-7-4-8-20-22(19)26-14-13-25-20)15-16-9-11-18(12-10-16)17-5-2-1-3-6-17/h1-12H,13-15H2,(H,23,24). The molecule has 0 saturated heterocycles. The highest BCUT2D eigenvalue weighted by molar-refractivity contribution is 5.94. The predicted octanol–water partition coefficient (Wildman–Crippen LogP) is 4.31. The van der Waals surface area contributed by atoms with Gasteiger partial charge in [0.25, 0.3) is 0 Å². The second-order valence-corrected chi connectivity index (χ2v) is 6.12. The van der Waals surface area contributed by atoms with E-state index < -0.39 is 0 Å². The number of amides is 1. The number of rotatable bonds is 4. The van der Waals surface area contributed by atoms with E-state index in [-0.39, 0.29) is 5.91 Å². The van der Waals surface area contributed by atoms with E-state index >= 15 is 0 Å². The highest BCUT2D eigenvalue weighted by Gasteiger charge is 2.17. The molecule has 3 aromatic rings. The van der Waals surface area contributed by atoms with Crippen molar-refractivity contribution in [2.45, 2.75) is 6.42 Å². The van der Waals surface area contributed by atoms with Gasteiger partial charge < -0.3 is 14.8 Å². The Labute approximate surface area is 152 Å². The van der Waals surface area contributed by atoms with Crippen molar-refractivity contribution >= 4 is 11.6 Å². The average molecular weight is 345 g/mol. The van der Waals surface area contributed by atoms with Crippen molar-refractivity contribution in [3.05, 3.63) is 78.4 Å². The summed E-state index contributed by atoms with van der Waals surface area (Å²) in [5, 5.41) is 2.92. The van der Waals surface area contributed by atoms with E-state index in [0.717, 1.165) is 16.7 Å². The third-order valence-electron chi connectivity index (χ3n) is 4.27. The Balaban J connectivity index is 1.44. The van der Waals surface area contributed by atoms with E-state index in [2.05, 4.69) is 17.4 Å². The van der Waals surface area contributed by atoms with E-state index in [0.29, 0.717) is 36.8 Å². The molecular formula is C22H19NO3. The first-order valence-corrected chi connectivity index (χ1v) is 8.62. The summed E-state index contributed by atoms with van der Waals surface area (Å²) < 4.78 is 11.2. The predicted molar refractivity (Wildman–Crippen MR) is 102 cm³/mol. The van der Waals surface area contributed by atoms with Crippen LogP contribution in [0.2, 0.25) is 0 Å². The number of fused-ring (bicyclic) bond motifs is 1. The van der Waals surface area contributed by atoms with Crippen LogP contribution in [0.25, 0.3) is 11.1 Å². The second kappa shape index (κ2) is 7.31. The van der Waals surface area contributed by atoms with E-state index in [1.807, 2.05) is 60.7 Å². The van der Waals surface area contributed by atoms with Crippen LogP contribution >= 0.6 is 0 Å². The number of carbonyl (C=O) groups is 1. The molecule has 0 bridgehead atoms. The maximum absolute atomic E-state index is 12.4. The molecule has 3 aromatic carbocycles. The van der Waals surface area contributed by atoms with Crippen LogP contribution in [0.15, 0.2) is 72.8 Å². The number of hydrogen-bond acceptors (Lipinski definition) is 3. The van der Waals surface area contributed by atoms with Crippen molar-refractivity contribution in [2.75, 3.05) is 18.5 Å². The molecule has 1 heterocycles. The van der Waals surface area contributed by atoms with Crippen molar-refractivity contribution < 1.29 is 14.3 Å². The van der Waals surface area contributed by atoms with Crippen LogP contribution < -0.4 is 14.8 Å². The first kappa shape index (κ1) is 16.2. The van der Waals surface area contributed by atoms with Gasteiger partial charge in [0.15, 0.2) is 11.5 Å². The average Bonchev–Trinajstić information content (AvgIpc) is 2.69. The van der Waals surface area contributed by atoms with Gasteiger partial charge in [-0.25, -0.2) is 0 Å². The van der Waals surface area contributed by atoms with Crippen LogP contribution in [0, 0.1) is 0 Å². The van der Waals surface area contributed by atoms with E-state index in [1.165, 1.54) is 0 Å². The minimum atomic E-state index is -0.0833. The molecule has 4 heteroatoms. The summed E-state index contributed by atoms with van der Waals surface area (Å²) in [4.78, 5) is 12.4. The van der Waals surface area contributed by atoms with Crippen molar-refractivity contribution in [1.29, 1.82) is 0 Å². The van der Waals surface area contributed by atoms with Crippen molar-refractivity contribution in [3.8, 4) is 22.6 Å². The van der Waals surface area contributed by atoms with Crippen LogP contribution in [0.4, 0.5) is 5.69 Å². The Kier molecular flexibility index (Phi) is 4.56. The Morgan fingerprint density at radius 2 is 1.54 bits per heavy atom. The Morgan fingerprint density at radius 3 is 2.35 bits per heavy atom. The SMILES string of the molecule is O=C(Cc1ccc(-c2ccccc2)cc1)Nc1cccc2c1OCCO2. The molecule has 1 aliphatic rings. The highest BCUT2D eigenvalue weighted by atomic mass is 16.6. The van der Waals surface area contributed by atoms with Gasteiger partial charge in [0.2, 0.25) is 5.91 Å². The number of nitrogens with one attached hydrogen (secondary N) is 1. The molecule has 0 atom stereocenters. The summed E-state index contributed by atoms with van der Waals surface area (Å²) in [5.41, 5.74) is 3.91. The van der Waals surface area contributed by atoms with Gasteiger partial charge in [-0.05, 0) is 28.8 Å². The summed E-state index contributed by atoms with van der Waals surface area (Å²) in [5.74, 6) is 1.19. The van der Waals surface area contributed by atoms with Gasteiger partial charge in [0.05, 0.1) is 12.1 Å². The molecule has 1 N–H and O–H groups in total. The third kappa shape index (κ3) is 3.54. The summed E-state index contributed by atoms with van der Waals surface area (Å²) >= 11 is 0. The molecule has 0 radical (unpaired) electrons. The van der Waals surface area contributed by atoms with E-state index in [1.54, 1.807) is 0 Å². The van der Waals surface area contributed by atoms with Crippen molar-refractivity contribution in [3.63, 3.8) is 0 Å². The molecule has 1 aliphatic heterocycles. The molecule has 0 unspecified atom stereocenters. The number of para-hydroxylation sites is 1. The van der Waals surface area contributed by atoms with E-state index in [4.69, 9.17) is 9.47 Å². The Bertz CT molecular complexity index is 904. The molecule has 0 aliphatic carbocycles. The fraction of sp³-hybridized carbons (Fsp3) is 0.136. The number of anilines is 1.